The molecule has 0 aliphatic heterocycles. The molecule has 6 nitrogen and oxygen atoms in total. The maximum Gasteiger partial charge on any atom is 0.338 e. The molecule has 2 rings (SSSR count). The zero-order valence-corrected chi connectivity index (χ0v) is 14.9. The Labute approximate surface area is 152 Å². The molecule has 0 radical (unpaired) electrons. The number of anilines is 1. The molecule has 0 aromatic heterocycles. The van der Waals surface area contributed by atoms with Crippen LogP contribution >= 0.6 is 0 Å². The number of ether oxygens (including phenoxy) is 2. The van der Waals surface area contributed by atoms with E-state index >= 15 is 0 Å². The Bertz CT molecular complexity index is 779. The monoisotopic (exact) mass is 355 g/mol. The molecule has 26 heavy (non-hydrogen) atoms. The first-order valence-corrected chi connectivity index (χ1v) is 8.20. The lowest BCUT2D eigenvalue weighted by atomic mass is 10.1. The van der Waals surface area contributed by atoms with Crippen LogP contribution in [0, 0.1) is 0 Å². The van der Waals surface area contributed by atoms with Crippen molar-refractivity contribution in [1.29, 1.82) is 0 Å². The highest BCUT2D eigenvalue weighted by molar-refractivity contribution is 6.00. The van der Waals surface area contributed by atoms with Gasteiger partial charge in [0.2, 0.25) is 5.91 Å². The molecular formula is C20H21NO5. The summed E-state index contributed by atoms with van der Waals surface area (Å²) in [6.07, 6.45) is 0.0439. The number of esters is 1. The quantitative estimate of drug-likeness (QED) is 0.607. The van der Waals surface area contributed by atoms with Crippen molar-refractivity contribution in [1.82, 2.24) is 0 Å². The van der Waals surface area contributed by atoms with E-state index in [1.165, 1.54) is 6.92 Å². The minimum atomic E-state index is -0.579. The average Bonchev–Trinajstić information content (AvgIpc) is 2.59. The van der Waals surface area contributed by atoms with E-state index in [1.807, 2.05) is 13.8 Å². The van der Waals surface area contributed by atoms with Crippen LogP contribution in [0.3, 0.4) is 0 Å². The first-order valence-electron chi connectivity index (χ1n) is 8.20. The van der Waals surface area contributed by atoms with Crippen LogP contribution in [0.4, 0.5) is 5.69 Å². The van der Waals surface area contributed by atoms with Gasteiger partial charge in [-0.3, -0.25) is 9.59 Å². The lowest BCUT2D eigenvalue weighted by molar-refractivity contribution is -0.114. The third-order valence-corrected chi connectivity index (χ3v) is 3.32. The Morgan fingerprint density at radius 3 is 2.04 bits per heavy atom. The number of carbonyl (C=O) groups excluding carboxylic acids is 3. The summed E-state index contributed by atoms with van der Waals surface area (Å²) in [5.41, 5.74) is 1.33. The molecule has 0 unspecified atom stereocenters. The van der Waals surface area contributed by atoms with Crippen LogP contribution in [-0.2, 0) is 9.53 Å². The third kappa shape index (κ3) is 5.73. The number of rotatable bonds is 7. The summed E-state index contributed by atoms with van der Waals surface area (Å²) in [5, 5.41) is 2.61. The Kier molecular flexibility index (Phi) is 6.49. The first kappa shape index (κ1) is 19.2. The molecule has 2 aromatic carbocycles. The lowest BCUT2D eigenvalue weighted by Crippen LogP contribution is -2.14. The van der Waals surface area contributed by atoms with Gasteiger partial charge in [-0.1, -0.05) is 0 Å². The number of hydrogen-bond donors (Lipinski definition) is 1. The second-order valence-electron chi connectivity index (χ2n) is 5.95. The summed E-state index contributed by atoms with van der Waals surface area (Å²) in [7, 11) is 0. The molecule has 0 aliphatic rings. The number of amides is 1. The van der Waals surface area contributed by atoms with Gasteiger partial charge in [0.05, 0.1) is 11.7 Å². The Hall–Kier alpha value is -3.15. The summed E-state index contributed by atoms with van der Waals surface area (Å²) in [6, 6.07) is 12.9. The highest BCUT2D eigenvalue weighted by atomic mass is 16.5. The van der Waals surface area contributed by atoms with Gasteiger partial charge in [-0.25, -0.2) is 4.79 Å². The van der Waals surface area contributed by atoms with Crippen LogP contribution in [-0.4, -0.2) is 30.4 Å². The predicted molar refractivity (Wildman–Crippen MR) is 97.6 cm³/mol. The molecule has 2 aromatic rings. The van der Waals surface area contributed by atoms with Crippen molar-refractivity contribution in [2.24, 2.45) is 0 Å². The van der Waals surface area contributed by atoms with E-state index in [9.17, 15) is 14.4 Å². The molecular weight excluding hydrogens is 334 g/mol. The highest BCUT2D eigenvalue weighted by Gasteiger charge is 2.12. The van der Waals surface area contributed by atoms with Gasteiger partial charge in [-0.2, -0.15) is 0 Å². The van der Waals surface area contributed by atoms with E-state index in [0.717, 1.165) is 0 Å². The fraction of sp³-hybridized carbons (Fsp3) is 0.250. The van der Waals surface area contributed by atoms with Crippen LogP contribution in [0.1, 0.15) is 41.5 Å². The van der Waals surface area contributed by atoms with Crippen molar-refractivity contribution in [2.75, 3.05) is 11.9 Å². The van der Waals surface area contributed by atoms with E-state index in [-0.39, 0.29) is 24.4 Å². The summed E-state index contributed by atoms with van der Waals surface area (Å²) in [4.78, 5) is 35.1. The van der Waals surface area contributed by atoms with Crippen LogP contribution in [0.25, 0.3) is 0 Å². The van der Waals surface area contributed by atoms with Crippen molar-refractivity contribution >= 4 is 23.3 Å². The minimum absolute atomic E-state index is 0.0439. The normalized spacial score (nSPS) is 10.3. The molecule has 136 valence electrons. The molecule has 0 atom stereocenters. The molecule has 0 saturated heterocycles. The number of benzene rings is 2. The third-order valence-electron chi connectivity index (χ3n) is 3.32. The minimum Gasteiger partial charge on any atom is -0.491 e. The van der Waals surface area contributed by atoms with Gasteiger partial charge in [0.1, 0.15) is 5.75 Å². The largest absolute Gasteiger partial charge is 0.491 e. The smallest absolute Gasteiger partial charge is 0.338 e. The van der Waals surface area contributed by atoms with Crippen molar-refractivity contribution in [2.45, 2.75) is 26.9 Å². The highest BCUT2D eigenvalue weighted by Crippen LogP contribution is 2.15. The van der Waals surface area contributed by atoms with Crippen LogP contribution < -0.4 is 10.1 Å². The summed E-state index contributed by atoms with van der Waals surface area (Å²) < 4.78 is 10.6. The van der Waals surface area contributed by atoms with Crippen molar-refractivity contribution in [3.05, 3.63) is 59.7 Å². The number of carbonyl (C=O) groups is 3. The second-order valence-corrected chi connectivity index (χ2v) is 5.95. The molecule has 0 bridgehead atoms. The fourth-order valence-corrected chi connectivity index (χ4v) is 2.18. The Morgan fingerprint density at radius 2 is 1.50 bits per heavy atom. The first-order chi connectivity index (χ1) is 12.3. The molecule has 1 amide bonds. The van der Waals surface area contributed by atoms with Crippen LogP contribution in [0.2, 0.25) is 0 Å². The van der Waals surface area contributed by atoms with Gasteiger partial charge in [0.25, 0.3) is 0 Å². The van der Waals surface area contributed by atoms with E-state index in [2.05, 4.69) is 5.32 Å². The summed E-state index contributed by atoms with van der Waals surface area (Å²) in [6.45, 7) is 4.87. The molecule has 0 spiro atoms. The topological polar surface area (TPSA) is 81.7 Å². The van der Waals surface area contributed by atoms with E-state index < -0.39 is 5.97 Å². The number of ketones is 1. The standard InChI is InChI=1S/C20H21NO5/c1-13(2)26-18-10-6-16(7-11-18)20(24)25-12-19(23)15-4-8-17(9-5-15)21-14(3)22/h4-11,13H,12H2,1-3H3,(H,21,22). The second kappa shape index (κ2) is 8.80. The molecule has 1 N–H and O–H groups in total. The zero-order valence-electron chi connectivity index (χ0n) is 14.9. The molecule has 6 heteroatoms. The molecule has 0 fully saturated rings. The summed E-state index contributed by atoms with van der Waals surface area (Å²) in [5.74, 6) is -0.438. The van der Waals surface area contributed by atoms with E-state index in [0.29, 0.717) is 22.6 Å². The van der Waals surface area contributed by atoms with E-state index in [1.54, 1.807) is 48.5 Å². The number of nitrogens with one attached hydrogen (secondary N) is 1. The van der Waals surface area contributed by atoms with Gasteiger partial charge >= 0.3 is 5.97 Å². The van der Waals surface area contributed by atoms with E-state index in [4.69, 9.17) is 9.47 Å². The predicted octanol–water partition coefficient (Wildman–Crippen LogP) is 3.47. The van der Waals surface area contributed by atoms with Crippen molar-refractivity contribution in [3.8, 4) is 5.75 Å². The molecule has 0 heterocycles. The summed E-state index contributed by atoms with van der Waals surface area (Å²) >= 11 is 0. The zero-order chi connectivity index (χ0) is 19.1. The van der Waals surface area contributed by atoms with Gasteiger partial charge in [0, 0.05) is 18.2 Å². The van der Waals surface area contributed by atoms with Crippen LogP contribution in [0.5, 0.6) is 5.75 Å². The Morgan fingerprint density at radius 1 is 0.923 bits per heavy atom. The van der Waals surface area contributed by atoms with Gasteiger partial charge in [-0.15, -0.1) is 0 Å². The van der Waals surface area contributed by atoms with Gasteiger partial charge in [0.15, 0.2) is 12.4 Å². The van der Waals surface area contributed by atoms with Crippen molar-refractivity contribution < 1.29 is 23.9 Å². The van der Waals surface area contributed by atoms with Gasteiger partial charge in [-0.05, 0) is 62.4 Å². The molecule has 0 aliphatic carbocycles. The maximum atomic E-state index is 12.1. The SMILES string of the molecule is CC(=O)Nc1ccc(C(=O)COC(=O)c2ccc(OC(C)C)cc2)cc1. The number of Topliss-reactive ketones (excluding diaryl/α,β-unsaturated/α-hetero) is 1. The maximum absolute atomic E-state index is 12.1. The average molecular weight is 355 g/mol. The lowest BCUT2D eigenvalue weighted by Gasteiger charge is -2.10. The Balaban J connectivity index is 1.90. The fourth-order valence-electron chi connectivity index (χ4n) is 2.18. The molecule has 0 saturated carbocycles. The van der Waals surface area contributed by atoms with Gasteiger partial charge < -0.3 is 14.8 Å². The van der Waals surface area contributed by atoms with Crippen molar-refractivity contribution in [3.63, 3.8) is 0 Å². The number of hydrogen-bond acceptors (Lipinski definition) is 5. The van der Waals surface area contributed by atoms with Crippen LogP contribution in [0.15, 0.2) is 48.5 Å².